The van der Waals surface area contributed by atoms with Crippen molar-refractivity contribution in [1.29, 1.82) is 0 Å². The van der Waals surface area contributed by atoms with Crippen molar-refractivity contribution in [2.45, 2.75) is 50.9 Å². The van der Waals surface area contributed by atoms with Gasteiger partial charge < -0.3 is 8.85 Å². The SMILES string of the molecule is C1CC[SiH2]OC1.C[Si]1(C)CCCCO1. The minimum absolute atomic E-state index is 0.00849. The van der Waals surface area contributed by atoms with Gasteiger partial charge in [0.2, 0.25) is 0 Å². The molecular weight excluding hydrogens is 208 g/mol. The molecule has 84 valence electrons. The standard InChI is InChI=1S/C6H14OSi.C4H10OSi/c1-8(2)6-4-3-5-7-8;1-2-4-6-5-3-1/h3-6H2,1-2H3;1-4,6H2. The fraction of sp³-hybridized carbons (Fsp3) is 1.00. The molecule has 0 spiro atoms. The molecule has 2 saturated heterocycles. The predicted octanol–water partition coefficient (Wildman–Crippen LogP) is 2.30. The summed E-state index contributed by atoms with van der Waals surface area (Å²) in [4.78, 5) is 0. The maximum absolute atomic E-state index is 5.60. The van der Waals surface area contributed by atoms with Crippen LogP contribution in [-0.2, 0) is 8.85 Å². The third kappa shape index (κ3) is 5.95. The Bertz CT molecular complexity index is 128. The van der Waals surface area contributed by atoms with E-state index in [-0.39, 0.29) is 9.76 Å². The summed E-state index contributed by atoms with van der Waals surface area (Å²) < 4.78 is 10.8. The molecule has 4 heteroatoms. The van der Waals surface area contributed by atoms with E-state index in [1.54, 1.807) is 0 Å². The molecule has 14 heavy (non-hydrogen) atoms. The highest BCUT2D eigenvalue weighted by Crippen LogP contribution is 2.20. The highest BCUT2D eigenvalue weighted by molar-refractivity contribution is 6.71. The lowest BCUT2D eigenvalue weighted by Gasteiger charge is -2.27. The van der Waals surface area contributed by atoms with Crippen molar-refractivity contribution in [1.82, 2.24) is 0 Å². The molecule has 0 aromatic heterocycles. The maximum atomic E-state index is 5.60. The van der Waals surface area contributed by atoms with E-state index in [2.05, 4.69) is 13.1 Å². The van der Waals surface area contributed by atoms with Crippen LogP contribution in [0.15, 0.2) is 0 Å². The van der Waals surface area contributed by atoms with E-state index in [4.69, 9.17) is 8.85 Å². The first kappa shape index (κ1) is 12.4. The summed E-state index contributed by atoms with van der Waals surface area (Å²) in [5.41, 5.74) is 0. The molecule has 0 aromatic carbocycles. The first-order valence-corrected chi connectivity index (χ1v) is 10.6. The van der Waals surface area contributed by atoms with Crippen LogP contribution in [0.4, 0.5) is 0 Å². The van der Waals surface area contributed by atoms with Crippen LogP contribution in [0.2, 0.25) is 25.2 Å². The van der Waals surface area contributed by atoms with E-state index < -0.39 is 8.32 Å². The summed E-state index contributed by atoms with van der Waals surface area (Å²) >= 11 is 0. The molecule has 0 amide bonds. The van der Waals surface area contributed by atoms with E-state index in [0.29, 0.717) is 0 Å². The van der Waals surface area contributed by atoms with Crippen LogP contribution in [0.1, 0.15) is 25.7 Å². The molecule has 0 atom stereocenters. The van der Waals surface area contributed by atoms with Crippen LogP contribution in [0.25, 0.3) is 0 Å². The van der Waals surface area contributed by atoms with E-state index in [1.807, 2.05) is 0 Å². The molecule has 0 N–H and O–H groups in total. The van der Waals surface area contributed by atoms with Crippen molar-refractivity contribution in [2.75, 3.05) is 13.2 Å². The minimum atomic E-state index is -1.09. The summed E-state index contributed by atoms with van der Waals surface area (Å²) in [6.07, 6.45) is 5.44. The molecule has 2 heterocycles. The Labute approximate surface area is 91.4 Å². The van der Waals surface area contributed by atoms with Gasteiger partial charge in [-0.15, -0.1) is 0 Å². The first-order valence-electron chi connectivity index (χ1n) is 5.92. The highest BCUT2D eigenvalue weighted by Gasteiger charge is 2.24. The summed E-state index contributed by atoms with van der Waals surface area (Å²) in [6, 6.07) is 2.78. The molecule has 0 radical (unpaired) electrons. The molecule has 0 bridgehead atoms. The molecule has 2 aliphatic rings. The van der Waals surface area contributed by atoms with Crippen LogP contribution < -0.4 is 0 Å². The molecular formula is C10H24O2Si2. The Morgan fingerprint density at radius 1 is 1.00 bits per heavy atom. The second-order valence-electron chi connectivity index (χ2n) is 4.74. The van der Waals surface area contributed by atoms with Crippen molar-refractivity contribution < 1.29 is 8.85 Å². The summed E-state index contributed by atoms with van der Waals surface area (Å²) in [6.45, 7) is 6.68. The molecule has 0 aromatic rings. The molecule has 0 saturated carbocycles. The topological polar surface area (TPSA) is 18.5 Å². The number of hydrogen-bond acceptors (Lipinski definition) is 2. The van der Waals surface area contributed by atoms with Crippen molar-refractivity contribution >= 4 is 18.1 Å². The van der Waals surface area contributed by atoms with E-state index in [1.165, 1.54) is 37.8 Å². The molecule has 2 nitrogen and oxygen atoms in total. The Hall–Kier alpha value is 0.354. The summed E-state index contributed by atoms with van der Waals surface area (Å²) in [5.74, 6) is 0. The van der Waals surface area contributed by atoms with Crippen LogP contribution in [0, 0.1) is 0 Å². The highest BCUT2D eigenvalue weighted by atomic mass is 28.4. The lowest BCUT2D eigenvalue weighted by molar-refractivity contribution is 0.275. The zero-order chi connectivity index (χ0) is 10.3. The molecule has 0 unspecified atom stereocenters. The predicted molar refractivity (Wildman–Crippen MR) is 66.0 cm³/mol. The number of rotatable bonds is 0. The largest absolute Gasteiger partial charge is 0.424 e. The van der Waals surface area contributed by atoms with Crippen LogP contribution in [-0.4, -0.2) is 31.3 Å². The monoisotopic (exact) mass is 232 g/mol. The van der Waals surface area contributed by atoms with Gasteiger partial charge in [0.05, 0.1) is 0 Å². The lowest BCUT2D eigenvalue weighted by atomic mass is 10.4. The average Bonchev–Trinajstić information content (AvgIpc) is 2.21. The smallest absolute Gasteiger partial charge is 0.186 e. The van der Waals surface area contributed by atoms with Gasteiger partial charge in [0.15, 0.2) is 18.1 Å². The Kier molecular flexibility index (Phi) is 6.01. The van der Waals surface area contributed by atoms with Crippen molar-refractivity contribution in [3.63, 3.8) is 0 Å². The van der Waals surface area contributed by atoms with E-state index in [0.717, 1.165) is 13.2 Å². The minimum Gasteiger partial charge on any atom is -0.424 e. The Balaban J connectivity index is 0.000000146. The Morgan fingerprint density at radius 2 is 1.79 bits per heavy atom. The second kappa shape index (κ2) is 6.77. The van der Waals surface area contributed by atoms with Crippen molar-refractivity contribution in [3.8, 4) is 0 Å². The van der Waals surface area contributed by atoms with Gasteiger partial charge in [-0.1, -0.05) is 12.8 Å². The molecule has 2 aliphatic heterocycles. The second-order valence-corrected chi connectivity index (χ2v) is 10.6. The zero-order valence-electron chi connectivity index (χ0n) is 9.68. The lowest BCUT2D eigenvalue weighted by Crippen LogP contribution is -2.33. The zero-order valence-corrected chi connectivity index (χ0v) is 12.1. The maximum Gasteiger partial charge on any atom is 0.186 e. The summed E-state index contributed by atoms with van der Waals surface area (Å²) in [7, 11) is -1.08. The Morgan fingerprint density at radius 3 is 2.00 bits per heavy atom. The van der Waals surface area contributed by atoms with Gasteiger partial charge in [0, 0.05) is 13.2 Å². The fourth-order valence-corrected chi connectivity index (χ4v) is 4.87. The van der Waals surface area contributed by atoms with E-state index >= 15 is 0 Å². The fourth-order valence-electron chi connectivity index (χ4n) is 1.76. The van der Waals surface area contributed by atoms with Crippen LogP contribution in [0.3, 0.4) is 0 Å². The van der Waals surface area contributed by atoms with Gasteiger partial charge in [0.1, 0.15) is 0 Å². The van der Waals surface area contributed by atoms with Gasteiger partial charge in [0.25, 0.3) is 0 Å². The number of hydrogen-bond donors (Lipinski definition) is 0. The first-order chi connectivity index (χ1) is 6.71. The van der Waals surface area contributed by atoms with Gasteiger partial charge >= 0.3 is 0 Å². The van der Waals surface area contributed by atoms with E-state index in [9.17, 15) is 0 Å². The molecule has 2 rings (SSSR count). The quantitative estimate of drug-likeness (QED) is 0.597. The van der Waals surface area contributed by atoms with Crippen LogP contribution >= 0.6 is 0 Å². The van der Waals surface area contributed by atoms with Gasteiger partial charge in [-0.2, -0.15) is 0 Å². The van der Waals surface area contributed by atoms with Gasteiger partial charge in [-0.05, 0) is 38.0 Å². The third-order valence-corrected chi connectivity index (χ3v) is 6.65. The molecule has 2 fully saturated rings. The van der Waals surface area contributed by atoms with Crippen LogP contribution in [0.5, 0.6) is 0 Å². The average molecular weight is 232 g/mol. The third-order valence-electron chi connectivity index (χ3n) is 2.74. The normalized spacial score (nSPS) is 27.9. The van der Waals surface area contributed by atoms with Crippen molar-refractivity contribution in [3.05, 3.63) is 0 Å². The summed E-state index contributed by atoms with van der Waals surface area (Å²) in [5, 5.41) is 0. The van der Waals surface area contributed by atoms with Crippen molar-refractivity contribution in [2.24, 2.45) is 0 Å². The molecule has 0 aliphatic carbocycles. The van der Waals surface area contributed by atoms with Gasteiger partial charge in [-0.25, -0.2) is 0 Å². The van der Waals surface area contributed by atoms with Gasteiger partial charge in [-0.3, -0.25) is 0 Å².